The van der Waals surface area contributed by atoms with Crippen molar-refractivity contribution in [3.05, 3.63) is 117 Å². The van der Waals surface area contributed by atoms with Crippen molar-refractivity contribution in [2.24, 2.45) is 0 Å². The molecule has 6 rings (SSSR count). The Morgan fingerprint density at radius 2 is 1.46 bits per heavy atom. The molecule has 0 bridgehead atoms. The molecule has 2 N–H and O–H groups in total. The van der Waals surface area contributed by atoms with Gasteiger partial charge in [-0.05, 0) is 35.1 Å². The Balaban J connectivity index is 1.73. The van der Waals surface area contributed by atoms with Crippen LogP contribution in [0.1, 0.15) is 18.1 Å². The number of imidazole rings is 1. The minimum Gasteiger partial charge on any atom is -0.384 e. The molecule has 0 aliphatic rings. The molecular weight excluding hydrogens is 494 g/mol. The van der Waals surface area contributed by atoms with Crippen LogP contribution in [-0.4, -0.2) is 28.8 Å². The SMILES string of the molecule is CCn1nc([N+](=O)[O-])c2c(-c3nc4ccccc4n3Cc3ccccc3)c(N)n(Cc3ccccc3)c2c1=O. The number of aromatic nitrogens is 5. The van der Waals surface area contributed by atoms with Crippen LogP contribution in [0.15, 0.2) is 89.7 Å². The van der Waals surface area contributed by atoms with E-state index >= 15 is 0 Å². The number of nitrogen functional groups attached to an aromatic ring is 1. The molecule has 0 saturated heterocycles. The lowest BCUT2D eigenvalue weighted by atomic mass is 10.1. The number of nitrogens with two attached hydrogens (primary N) is 1. The average Bonchev–Trinajstić information content (AvgIpc) is 3.44. The number of hydrogen-bond acceptors (Lipinski definition) is 6. The fourth-order valence-electron chi connectivity index (χ4n) is 5.10. The highest BCUT2D eigenvalue weighted by Gasteiger charge is 2.32. The van der Waals surface area contributed by atoms with Crippen LogP contribution < -0.4 is 11.3 Å². The third kappa shape index (κ3) is 4.02. The van der Waals surface area contributed by atoms with Crippen molar-refractivity contribution in [3.63, 3.8) is 0 Å². The number of nitro groups is 1. The minimum absolute atomic E-state index is 0.0905. The van der Waals surface area contributed by atoms with Crippen molar-refractivity contribution in [2.75, 3.05) is 5.73 Å². The van der Waals surface area contributed by atoms with E-state index < -0.39 is 16.3 Å². The summed E-state index contributed by atoms with van der Waals surface area (Å²) in [7, 11) is 0. The first-order valence-electron chi connectivity index (χ1n) is 12.6. The van der Waals surface area contributed by atoms with Crippen LogP contribution in [0.25, 0.3) is 33.3 Å². The molecule has 6 aromatic rings. The second-order valence-corrected chi connectivity index (χ2v) is 9.25. The third-order valence-electron chi connectivity index (χ3n) is 6.90. The topological polar surface area (TPSA) is 127 Å². The molecule has 194 valence electrons. The van der Waals surface area contributed by atoms with Crippen LogP contribution in [0.5, 0.6) is 0 Å². The standard InChI is InChI=1S/C29H25N7O3/c1-2-35-29(37)25-23(28(32-35)36(38)39)24(26(30)34(25)18-20-13-7-4-8-14-20)27-31-21-15-9-10-16-22(21)33(27)17-19-11-5-3-6-12-19/h3-16H,2,17-18,30H2,1H3. The van der Waals surface area contributed by atoms with Crippen molar-refractivity contribution >= 4 is 33.6 Å². The Morgan fingerprint density at radius 3 is 2.08 bits per heavy atom. The van der Waals surface area contributed by atoms with Gasteiger partial charge in [0.25, 0.3) is 0 Å². The third-order valence-corrected chi connectivity index (χ3v) is 6.90. The molecule has 0 aliphatic heterocycles. The van der Waals surface area contributed by atoms with E-state index in [4.69, 9.17) is 10.7 Å². The maximum Gasteiger partial charge on any atom is 0.398 e. The van der Waals surface area contributed by atoms with Crippen molar-refractivity contribution in [1.82, 2.24) is 23.9 Å². The van der Waals surface area contributed by atoms with Gasteiger partial charge in [-0.25, -0.2) is 4.98 Å². The molecule has 0 saturated carbocycles. The van der Waals surface area contributed by atoms with Crippen LogP contribution in [0.2, 0.25) is 0 Å². The summed E-state index contributed by atoms with van der Waals surface area (Å²) < 4.78 is 4.74. The predicted molar refractivity (Wildman–Crippen MR) is 151 cm³/mol. The van der Waals surface area contributed by atoms with Gasteiger partial charge < -0.3 is 25.0 Å². The lowest BCUT2D eigenvalue weighted by Crippen LogP contribution is -2.25. The lowest BCUT2D eigenvalue weighted by molar-refractivity contribution is -0.388. The summed E-state index contributed by atoms with van der Waals surface area (Å²) in [5.74, 6) is 0.223. The van der Waals surface area contributed by atoms with E-state index in [1.165, 1.54) is 0 Å². The molecule has 0 aliphatic carbocycles. The van der Waals surface area contributed by atoms with E-state index in [-0.39, 0.29) is 29.8 Å². The minimum atomic E-state index is -0.562. The number of para-hydroxylation sites is 2. The maximum atomic E-state index is 13.7. The summed E-state index contributed by atoms with van der Waals surface area (Å²) in [6, 6.07) is 27.0. The fraction of sp³-hybridized carbons (Fsp3) is 0.138. The normalized spacial score (nSPS) is 11.4. The molecule has 0 spiro atoms. The van der Waals surface area contributed by atoms with Crippen LogP contribution >= 0.6 is 0 Å². The molecule has 3 aromatic heterocycles. The first kappa shape index (κ1) is 24.1. The van der Waals surface area contributed by atoms with E-state index in [0.717, 1.165) is 21.3 Å². The molecule has 3 aromatic carbocycles. The molecule has 0 radical (unpaired) electrons. The average molecular weight is 520 g/mol. The van der Waals surface area contributed by atoms with E-state index in [1.807, 2.05) is 89.5 Å². The molecule has 0 unspecified atom stereocenters. The van der Waals surface area contributed by atoms with Crippen molar-refractivity contribution in [2.45, 2.75) is 26.6 Å². The molecule has 10 heteroatoms. The molecular formula is C29H25N7O3. The number of aryl methyl sites for hydroxylation is 1. The van der Waals surface area contributed by atoms with Gasteiger partial charge in [0.15, 0.2) is 0 Å². The summed E-state index contributed by atoms with van der Waals surface area (Å²) in [6.07, 6.45) is 0. The second-order valence-electron chi connectivity index (χ2n) is 9.25. The van der Waals surface area contributed by atoms with E-state index in [0.29, 0.717) is 23.4 Å². The second kappa shape index (κ2) is 9.56. The van der Waals surface area contributed by atoms with E-state index in [1.54, 1.807) is 11.5 Å². The van der Waals surface area contributed by atoms with Crippen LogP contribution in [-0.2, 0) is 19.6 Å². The summed E-state index contributed by atoms with van der Waals surface area (Å²) >= 11 is 0. The zero-order valence-electron chi connectivity index (χ0n) is 21.2. The Kier molecular flexibility index (Phi) is 5.91. The summed E-state index contributed by atoms with van der Waals surface area (Å²) in [6.45, 7) is 2.60. The highest BCUT2D eigenvalue weighted by molar-refractivity contribution is 6.06. The van der Waals surface area contributed by atoms with Gasteiger partial charge in [0.1, 0.15) is 22.5 Å². The van der Waals surface area contributed by atoms with Gasteiger partial charge in [0, 0.05) is 13.1 Å². The van der Waals surface area contributed by atoms with Crippen LogP contribution in [0.3, 0.4) is 0 Å². The number of hydrogen-bond donors (Lipinski definition) is 1. The first-order valence-corrected chi connectivity index (χ1v) is 12.6. The largest absolute Gasteiger partial charge is 0.398 e. The lowest BCUT2D eigenvalue weighted by Gasteiger charge is -2.11. The Labute approximate surface area is 222 Å². The molecule has 3 heterocycles. The van der Waals surface area contributed by atoms with Gasteiger partial charge in [-0.3, -0.25) is 4.79 Å². The smallest absolute Gasteiger partial charge is 0.384 e. The zero-order chi connectivity index (χ0) is 27.1. The highest BCUT2D eigenvalue weighted by atomic mass is 16.6. The zero-order valence-corrected chi connectivity index (χ0v) is 21.2. The molecule has 0 atom stereocenters. The number of rotatable bonds is 7. The monoisotopic (exact) mass is 519 g/mol. The Bertz CT molecular complexity index is 1900. The Morgan fingerprint density at radius 1 is 0.872 bits per heavy atom. The van der Waals surface area contributed by atoms with Crippen LogP contribution in [0.4, 0.5) is 11.6 Å². The van der Waals surface area contributed by atoms with Crippen molar-refractivity contribution < 1.29 is 4.92 Å². The number of nitrogens with zero attached hydrogens (tertiary/aromatic N) is 6. The fourth-order valence-corrected chi connectivity index (χ4v) is 5.10. The van der Waals surface area contributed by atoms with E-state index in [9.17, 15) is 14.9 Å². The Hall–Kier alpha value is -5.25. The highest BCUT2D eigenvalue weighted by Crippen LogP contribution is 2.41. The van der Waals surface area contributed by atoms with Gasteiger partial charge in [0.2, 0.25) is 0 Å². The van der Waals surface area contributed by atoms with Gasteiger partial charge in [0.05, 0.1) is 28.2 Å². The van der Waals surface area contributed by atoms with Gasteiger partial charge in [-0.15, -0.1) is 4.68 Å². The number of fused-ring (bicyclic) bond motifs is 2. The quantitative estimate of drug-likeness (QED) is 0.238. The predicted octanol–water partition coefficient (Wildman–Crippen LogP) is 4.82. The van der Waals surface area contributed by atoms with Gasteiger partial charge in [-0.2, -0.15) is 0 Å². The maximum absolute atomic E-state index is 13.7. The summed E-state index contributed by atoms with van der Waals surface area (Å²) in [5, 5.41) is 16.6. The number of anilines is 1. The van der Waals surface area contributed by atoms with E-state index in [2.05, 4.69) is 5.10 Å². The first-order chi connectivity index (χ1) is 19.0. The van der Waals surface area contributed by atoms with Crippen LogP contribution in [0, 0.1) is 10.1 Å². The summed E-state index contributed by atoms with van der Waals surface area (Å²) in [5.41, 5.74) is 10.3. The molecule has 0 fully saturated rings. The molecule has 10 nitrogen and oxygen atoms in total. The molecule has 39 heavy (non-hydrogen) atoms. The summed E-state index contributed by atoms with van der Waals surface area (Å²) in [4.78, 5) is 30.4. The van der Waals surface area contributed by atoms with Crippen molar-refractivity contribution in [1.29, 1.82) is 0 Å². The molecule has 0 amide bonds. The van der Waals surface area contributed by atoms with Gasteiger partial charge in [-0.1, -0.05) is 72.8 Å². The number of benzene rings is 3. The van der Waals surface area contributed by atoms with Gasteiger partial charge >= 0.3 is 11.4 Å². The van der Waals surface area contributed by atoms with Crippen molar-refractivity contribution in [3.8, 4) is 11.4 Å².